The zero-order valence-corrected chi connectivity index (χ0v) is 11.4. The van der Waals surface area contributed by atoms with Crippen molar-refractivity contribution in [3.63, 3.8) is 0 Å². The summed E-state index contributed by atoms with van der Waals surface area (Å²) in [6, 6.07) is -0.235. The Balaban J connectivity index is 2.45. The van der Waals surface area contributed by atoms with E-state index in [1.807, 2.05) is 25.3 Å². The first kappa shape index (κ1) is 13.6. The smallest absolute Gasteiger partial charge is 0.309 e. The maximum atomic E-state index is 11.9. The average molecular weight is 265 g/mol. The van der Waals surface area contributed by atoms with Gasteiger partial charge in [0.1, 0.15) is 0 Å². The van der Waals surface area contributed by atoms with Crippen LogP contribution in [0.15, 0.2) is 12.5 Å². The highest BCUT2D eigenvalue weighted by atomic mass is 16.4. The Kier molecular flexibility index (Phi) is 3.59. The van der Waals surface area contributed by atoms with Gasteiger partial charge >= 0.3 is 5.97 Å². The van der Waals surface area contributed by atoms with Gasteiger partial charge in [0, 0.05) is 19.0 Å². The number of carbonyl (C=O) groups excluding carboxylic acids is 1. The summed E-state index contributed by atoms with van der Waals surface area (Å²) in [6.45, 7) is 6.39. The second-order valence-corrected chi connectivity index (χ2v) is 5.09. The fourth-order valence-electron chi connectivity index (χ4n) is 2.73. The molecule has 0 aromatic carbocycles. The molecule has 2 atom stereocenters. The van der Waals surface area contributed by atoms with Crippen LogP contribution in [0.1, 0.15) is 45.0 Å². The molecule has 1 amide bonds. The van der Waals surface area contributed by atoms with Crippen molar-refractivity contribution in [2.75, 3.05) is 6.54 Å². The molecule has 2 heterocycles. The van der Waals surface area contributed by atoms with Crippen molar-refractivity contribution in [3.05, 3.63) is 18.2 Å². The summed E-state index contributed by atoms with van der Waals surface area (Å²) in [6.07, 6.45) is 3.43. The molecule has 0 spiro atoms. The van der Waals surface area contributed by atoms with Crippen LogP contribution < -0.4 is 0 Å². The number of amides is 1. The summed E-state index contributed by atoms with van der Waals surface area (Å²) < 4.78 is 1.93. The second-order valence-electron chi connectivity index (χ2n) is 5.09. The molecule has 1 aromatic rings. The van der Waals surface area contributed by atoms with Gasteiger partial charge in [0.15, 0.2) is 0 Å². The quantitative estimate of drug-likeness (QED) is 0.894. The third kappa shape index (κ3) is 2.22. The van der Waals surface area contributed by atoms with Crippen LogP contribution >= 0.6 is 0 Å². The lowest BCUT2D eigenvalue weighted by atomic mass is 9.97. The maximum Gasteiger partial charge on any atom is 0.309 e. The Labute approximate surface area is 112 Å². The minimum absolute atomic E-state index is 0.0666. The number of hydrogen-bond donors (Lipinski definition) is 1. The van der Waals surface area contributed by atoms with Crippen LogP contribution in [0.25, 0.3) is 0 Å². The molecule has 6 heteroatoms. The van der Waals surface area contributed by atoms with Gasteiger partial charge in [-0.05, 0) is 20.8 Å². The number of aromatic nitrogens is 2. The third-order valence-corrected chi connectivity index (χ3v) is 3.65. The van der Waals surface area contributed by atoms with Gasteiger partial charge in [0.05, 0.1) is 30.2 Å². The molecule has 0 aliphatic carbocycles. The van der Waals surface area contributed by atoms with Crippen molar-refractivity contribution >= 4 is 11.9 Å². The molecule has 6 nitrogen and oxygen atoms in total. The summed E-state index contributed by atoms with van der Waals surface area (Å²) in [5.74, 6) is -1.72. The monoisotopic (exact) mass is 265 g/mol. The Morgan fingerprint density at radius 2 is 2.26 bits per heavy atom. The zero-order chi connectivity index (χ0) is 14.2. The summed E-state index contributed by atoms with van der Waals surface area (Å²) in [5, 5.41) is 9.33. The van der Waals surface area contributed by atoms with E-state index < -0.39 is 17.9 Å². The summed E-state index contributed by atoms with van der Waals surface area (Å²) in [4.78, 5) is 29.1. The number of likely N-dealkylation sites (tertiary alicyclic amines) is 1. The van der Waals surface area contributed by atoms with E-state index in [9.17, 15) is 14.7 Å². The van der Waals surface area contributed by atoms with Gasteiger partial charge in [-0.2, -0.15) is 0 Å². The Morgan fingerprint density at radius 1 is 1.58 bits per heavy atom. The predicted molar refractivity (Wildman–Crippen MR) is 68.5 cm³/mol. The van der Waals surface area contributed by atoms with Crippen LogP contribution in [0.4, 0.5) is 0 Å². The molecule has 104 valence electrons. The van der Waals surface area contributed by atoms with E-state index in [0.717, 1.165) is 5.69 Å². The third-order valence-electron chi connectivity index (χ3n) is 3.65. The number of hydrogen-bond acceptors (Lipinski definition) is 3. The predicted octanol–water partition coefficient (Wildman–Crippen LogP) is 1.46. The van der Waals surface area contributed by atoms with Crippen LogP contribution in [0.3, 0.4) is 0 Å². The number of nitrogens with zero attached hydrogens (tertiary/aromatic N) is 3. The SMILES string of the molecule is CCN1C(=O)CC(C(=O)O)C1c1cncn1C(C)C. The van der Waals surface area contributed by atoms with E-state index in [1.54, 1.807) is 17.4 Å². The van der Waals surface area contributed by atoms with Gasteiger partial charge in [-0.1, -0.05) is 0 Å². The normalized spacial score (nSPS) is 23.4. The van der Waals surface area contributed by atoms with Crippen molar-refractivity contribution < 1.29 is 14.7 Å². The largest absolute Gasteiger partial charge is 0.481 e. The van der Waals surface area contributed by atoms with Crippen molar-refractivity contribution in [2.45, 2.75) is 39.3 Å². The number of aliphatic carboxylic acids is 1. The van der Waals surface area contributed by atoms with Crippen molar-refractivity contribution in [3.8, 4) is 0 Å². The molecule has 1 aliphatic rings. The lowest BCUT2D eigenvalue weighted by Crippen LogP contribution is -2.32. The first-order valence-electron chi connectivity index (χ1n) is 6.51. The number of imidazole rings is 1. The number of carboxylic acids is 1. The number of carbonyl (C=O) groups is 2. The summed E-state index contributed by atoms with van der Waals surface area (Å²) in [7, 11) is 0. The van der Waals surface area contributed by atoms with E-state index >= 15 is 0 Å². The molecule has 1 aromatic heterocycles. The Bertz CT molecular complexity index is 495. The van der Waals surface area contributed by atoms with Gasteiger partial charge < -0.3 is 14.6 Å². The van der Waals surface area contributed by atoms with Gasteiger partial charge in [-0.25, -0.2) is 4.98 Å². The highest BCUT2D eigenvalue weighted by Crippen LogP contribution is 2.38. The van der Waals surface area contributed by atoms with E-state index in [1.165, 1.54) is 0 Å². The van der Waals surface area contributed by atoms with E-state index in [0.29, 0.717) is 6.54 Å². The highest BCUT2D eigenvalue weighted by molar-refractivity contribution is 5.87. The first-order chi connectivity index (χ1) is 8.97. The van der Waals surface area contributed by atoms with Crippen molar-refractivity contribution in [1.82, 2.24) is 14.5 Å². The average Bonchev–Trinajstić information content (AvgIpc) is 2.91. The van der Waals surface area contributed by atoms with Crippen molar-refractivity contribution in [2.24, 2.45) is 5.92 Å². The molecule has 1 saturated heterocycles. The fraction of sp³-hybridized carbons (Fsp3) is 0.615. The minimum atomic E-state index is -0.925. The number of carboxylic acid groups (broad SMARTS) is 1. The molecule has 0 radical (unpaired) electrons. The Morgan fingerprint density at radius 3 is 2.79 bits per heavy atom. The van der Waals surface area contributed by atoms with Gasteiger partial charge in [0.2, 0.25) is 5.91 Å². The fourth-order valence-corrected chi connectivity index (χ4v) is 2.73. The number of rotatable bonds is 4. The molecular formula is C13H19N3O3. The minimum Gasteiger partial charge on any atom is -0.481 e. The van der Waals surface area contributed by atoms with Crippen LogP contribution in [0, 0.1) is 5.92 Å². The lowest BCUT2D eigenvalue weighted by Gasteiger charge is -2.27. The van der Waals surface area contributed by atoms with Crippen molar-refractivity contribution in [1.29, 1.82) is 0 Å². The molecule has 1 aliphatic heterocycles. The lowest BCUT2D eigenvalue weighted by molar-refractivity contribution is -0.142. The van der Waals surface area contributed by atoms with Crippen LogP contribution in [0.2, 0.25) is 0 Å². The zero-order valence-electron chi connectivity index (χ0n) is 11.4. The summed E-state index contributed by atoms with van der Waals surface area (Å²) in [5.41, 5.74) is 0.801. The van der Waals surface area contributed by atoms with Crippen LogP contribution in [0.5, 0.6) is 0 Å². The molecule has 0 saturated carbocycles. The summed E-state index contributed by atoms with van der Waals surface area (Å²) >= 11 is 0. The molecular weight excluding hydrogens is 246 g/mol. The van der Waals surface area contributed by atoms with Gasteiger partial charge in [-0.3, -0.25) is 9.59 Å². The van der Waals surface area contributed by atoms with Crippen LogP contribution in [-0.4, -0.2) is 38.0 Å². The van der Waals surface area contributed by atoms with E-state index in [-0.39, 0.29) is 18.4 Å². The molecule has 2 unspecified atom stereocenters. The molecule has 1 fully saturated rings. The van der Waals surface area contributed by atoms with Gasteiger partial charge in [0.25, 0.3) is 0 Å². The topological polar surface area (TPSA) is 75.4 Å². The van der Waals surface area contributed by atoms with Crippen LogP contribution in [-0.2, 0) is 9.59 Å². The maximum absolute atomic E-state index is 11.9. The second kappa shape index (κ2) is 5.03. The standard InChI is InChI=1S/C13H19N3O3/c1-4-15-11(17)5-9(13(18)19)12(15)10-6-14-7-16(10)8(2)3/h6-9,12H,4-5H2,1-3H3,(H,18,19). The van der Waals surface area contributed by atoms with E-state index in [2.05, 4.69) is 4.98 Å². The Hall–Kier alpha value is -1.85. The molecule has 1 N–H and O–H groups in total. The molecule has 2 rings (SSSR count). The highest BCUT2D eigenvalue weighted by Gasteiger charge is 2.45. The van der Waals surface area contributed by atoms with E-state index in [4.69, 9.17) is 0 Å². The van der Waals surface area contributed by atoms with Gasteiger partial charge in [-0.15, -0.1) is 0 Å². The first-order valence-corrected chi connectivity index (χ1v) is 6.51. The molecule has 0 bridgehead atoms. The molecule has 19 heavy (non-hydrogen) atoms.